The van der Waals surface area contributed by atoms with Crippen LogP contribution in [-0.4, -0.2) is 164 Å². The number of aldehydes is 1. The smallest absolute Gasteiger partial charge is 0.326 e. The molecule has 390 valence electrons. The molecule has 0 bridgehead atoms. The van der Waals surface area contributed by atoms with Crippen molar-refractivity contribution < 1.29 is 87.3 Å². The summed E-state index contributed by atoms with van der Waals surface area (Å²) >= 11 is 0. The molecule has 68 heavy (non-hydrogen) atoms. The Labute approximate surface area is 398 Å². The van der Waals surface area contributed by atoms with Crippen LogP contribution in [0.4, 0.5) is 0 Å². The van der Waals surface area contributed by atoms with Gasteiger partial charge in [-0.25, -0.2) is 14.4 Å². The van der Waals surface area contributed by atoms with Crippen molar-refractivity contribution in [2.45, 2.75) is 159 Å². The molecule has 0 aliphatic rings. The van der Waals surface area contributed by atoms with Crippen LogP contribution in [0.2, 0.25) is 0 Å². The van der Waals surface area contributed by atoms with Gasteiger partial charge in [0.15, 0.2) is 0 Å². The van der Waals surface area contributed by atoms with Crippen LogP contribution in [0.5, 0.6) is 0 Å². The van der Waals surface area contributed by atoms with E-state index in [9.17, 15) is 63.3 Å². The van der Waals surface area contributed by atoms with Gasteiger partial charge >= 0.3 is 23.9 Å². The van der Waals surface area contributed by atoms with Crippen molar-refractivity contribution >= 4 is 59.7 Å². The number of rotatable bonds is 48. The lowest BCUT2D eigenvalue weighted by Crippen LogP contribution is -2.45. The Morgan fingerprint density at radius 3 is 1.12 bits per heavy atom. The molecule has 23 nitrogen and oxygen atoms in total. The Hall–Kier alpha value is -5.26. The standard InChI is InChI=1S/C45H77N5O18/c51-25-28-67-30-29-65-27-24-47-41(56)33-68-32-31-66-26-23-46-37(52)20-17-34(43(59)60)49-39(54)22-19-36(45(63)64)50-40(55)21-18-35(44(61)62)48-38(53)15-13-11-9-7-5-3-1-2-4-6-8-10-12-14-16-42(57)58/h25,34-36H,1-24,26-33H2,(H,46,52)(H,47,56)(H,48,53)(H,49,54)(H,50,55)(H,57,58)(H,59,60)(H,61,62)(H,63,64)/t34-,35-,36-/m0/s1. The Bertz CT molecular complexity index is 1480. The van der Waals surface area contributed by atoms with Gasteiger partial charge in [-0.05, 0) is 32.1 Å². The fraction of sp³-hybridized carbons (Fsp3) is 0.778. The molecule has 0 heterocycles. The minimum atomic E-state index is -1.56. The van der Waals surface area contributed by atoms with Crippen molar-refractivity contribution in [1.82, 2.24) is 26.6 Å². The van der Waals surface area contributed by atoms with Crippen molar-refractivity contribution in [2.75, 3.05) is 65.9 Å². The molecule has 0 fully saturated rings. The number of aliphatic carboxylic acids is 4. The number of carbonyl (C=O) groups is 10. The van der Waals surface area contributed by atoms with Crippen LogP contribution in [0.15, 0.2) is 0 Å². The third-order valence-corrected chi connectivity index (χ3v) is 10.2. The molecule has 0 aliphatic carbocycles. The predicted molar refractivity (Wildman–Crippen MR) is 243 cm³/mol. The van der Waals surface area contributed by atoms with Crippen LogP contribution in [0.1, 0.15) is 141 Å². The average Bonchev–Trinajstić information content (AvgIpc) is 3.28. The van der Waals surface area contributed by atoms with Crippen molar-refractivity contribution in [3.8, 4) is 0 Å². The van der Waals surface area contributed by atoms with Gasteiger partial charge in [-0.15, -0.1) is 0 Å². The quantitative estimate of drug-likeness (QED) is 0.0310. The number of hydrogen-bond donors (Lipinski definition) is 9. The average molecular weight is 976 g/mol. The lowest BCUT2D eigenvalue weighted by atomic mass is 10.0. The lowest BCUT2D eigenvalue weighted by molar-refractivity contribution is -0.144. The second-order valence-corrected chi connectivity index (χ2v) is 16.1. The highest BCUT2D eigenvalue weighted by Crippen LogP contribution is 2.14. The Balaban J connectivity index is 4.25. The van der Waals surface area contributed by atoms with Gasteiger partial charge in [0.25, 0.3) is 0 Å². The Kier molecular flexibility index (Phi) is 39.7. The fourth-order valence-corrected chi connectivity index (χ4v) is 6.48. The maximum atomic E-state index is 12.6. The van der Waals surface area contributed by atoms with E-state index in [2.05, 4.69) is 26.6 Å². The maximum Gasteiger partial charge on any atom is 0.326 e. The first-order valence-electron chi connectivity index (χ1n) is 23.7. The molecule has 5 amide bonds. The summed E-state index contributed by atoms with van der Waals surface area (Å²) in [5.41, 5.74) is 0. The van der Waals surface area contributed by atoms with Gasteiger partial charge < -0.3 is 70.8 Å². The van der Waals surface area contributed by atoms with E-state index in [4.69, 9.17) is 24.1 Å². The molecule has 3 atom stereocenters. The molecule has 23 heteroatoms. The maximum absolute atomic E-state index is 12.6. The minimum absolute atomic E-state index is 0.00537. The van der Waals surface area contributed by atoms with Gasteiger partial charge in [0, 0.05) is 45.2 Å². The number of unbranched alkanes of at least 4 members (excludes halogenated alkanes) is 13. The van der Waals surface area contributed by atoms with E-state index in [0.29, 0.717) is 12.7 Å². The summed E-state index contributed by atoms with van der Waals surface area (Å²) in [6.45, 7) is 1.28. The summed E-state index contributed by atoms with van der Waals surface area (Å²) in [5, 5.41) is 49.4. The molecule has 0 saturated heterocycles. The lowest BCUT2D eigenvalue weighted by Gasteiger charge is -2.18. The number of carboxylic acid groups (broad SMARTS) is 4. The number of carbonyl (C=O) groups excluding carboxylic acids is 6. The zero-order chi connectivity index (χ0) is 50.6. The second-order valence-electron chi connectivity index (χ2n) is 16.1. The van der Waals surface area contributed by atoms with Gasteiger partial charge in [0.1, 0.15) is 37.6 Å². The monoisotopic (exact) mass is 976 g/mol. The van der Waals surface area contributed by atoms with E-state index in [1.165, 1.54) is 25.7 Å². The highest BCUT2D eigenvalue weighted by atomic mass is 16.5. The Morgan fingerprint density at radius 2 is 0.721 bits per heavy atom. The number of ether oxygens (including phenoxy) is 4. The molecule has 0 aliphatic heterocycles. The first-order valence-corrected chi connectivity index (χ1v) is 23.7. The summed E-state index contributed by atoms with van der Waals surface area (Å²) in [6, 6.07) is -4.41. The molecule has 0 aromatic heterocycles. The van der Waals surface area contributed by atoms with E-state index < -0.39 is 84.9 Å². The topological polar surface area (TPSA) is 349 Å². The van der Waals surface area contributed by atoms with E-state index >= 15 is 0 Å². The van der Waals surface area contributed by atoms with E-state index in [0.717, 1.165) is 57.8 Å². The third kappa shape index (κ3) is 39.9. The van der Waals surface area contributed by atoms with Gasteiger partial charge in [-0.1, -0.05) is 77.0 Å². The van der Waals surface area contributed by atoms with Crippen LogP contribution in [0.3, 0.4) is 0 Å². The highest BCUT2D eigenvalue weighted by Gasteiger charge is 2.26. The first kappa shape index (κ1) is 62.7. The predicted octanol–water partition coefficient (Wildman–Crippen LogP) is 1.86. The number of amides is 5. The molecular weight excluding hydrogens is 899 g/mol. The van der Waals surface area contributed by atoms with Gasteiger partial charge in [0.05, 0.1) is 39.6 Å². The zero-order valence-electron chi connectivity index (χ0n) is 39.4. The minimum Gasteiger partial charge on any atom is -0.481 e. The molecule has 0 radical (unpaired) electrons. The van der Waals surface area contributed by atoms with Crippen molar-refractivity contribution in [1.29, 1.82) is 0 Å². The molecule has 0 aromatic carbocycles. The van der Waals surface area contributed by atoms with Crippen LogP contribution >= 0.6 is 0 Å². The molecular formula is C45H77N5O18. The number of hydrogen-bond acceptors (Lipinski definition) is 14. The summed E-state index contributed by atoms with van der Waals surface area (Å²) in [4.78, 5) is 118. The summed E-state index contributed by atoms with van der Waals surface area (Å²) < 4.78 is 20.7. The van der Waals surface area contributed by atoms with Crippen molar-refractivity contribution in [2.24, 2.45) is 0 Å². The third-order valence-electron chi connectivity index (χ3n) is 10.2. The number of nitrogens with one attached hydrogen (secondary N) is 5. The van der Waals surface area contributed by atoms with Crippen molar-refractivity contribution in [3.05, 3.63) is 0 Å². The first-order chi connectivity index (χ1) is 32.7. The highest BCUT2D eigenvalue weighted by molar-refractivity contribution is 5.87. The zero-order valence-corrected chi connectivity index (χ0v) is 39.4. The molecule has 9 N–H and O–H groups in total. The molecule has 0 unspecified atom stereocenters. The molecule has 0 aromatic rings. The number of carboxylic acids is 4. The van der Waals surface area contributed by atoms with Crippen LogP contribution < -0.4 is 26.6 Å². The van der Waals surface area contributed by atoms with Crippen LogP contribution in [0.25, 0.3) is 0 Å². The van der Waals surface area contributed by atoms with Gasteiger partial charge in [-0.3, -0.25) is 28.8 Å². The van der Waals surface area contributed by atoms with Crippen LogP contribution in [0, 0.1) is 0 Å². The second kappa shape index (κ2) is 43.0. The van der Waals surface area contributed by atoms with Gasteiger partial charge in [-0.2, -0.15) is 0 Å². The van der Waals surface area contributed by atoms with E-state index in [-0.39, 0.29) is 104 Å². The van der Waals surface area contributed by atoms with Crippen molar-refractivity contribution in [3.63, 3.8) is 0 Å². The summed E-state index contributed by atoms with van der Waals surface area (Å²) in [7, 11) is 0. The molecule has 0 spiro atoms. The van der Waals surface area contributed by atoms with E-state index in [1.807, 2.05) is 0 Å². The van der Waals surface area contributed by atoms with E-state index in [1.54, 1.807) is 0 Å². The van der Waals surface area contributed by atoms with Gasteiger partial charge in [0.2, 0.25) is 29.5 Å². The normalized spacial score (nSPS) is 12.2. The SMILES string of the molecule is O=CCOCCOCCNC(=O)COCCOCCNC(=O)CC[C@H](NC(=O)CC[C@H](NC(=O)CC[C@H](NC(=O)CCCCCCCCCCCCCCCCC(=O)O)C(=O)O)C(=O)O)C(=O)O. The molecule has 0 saturated carbocycles. The largest absolute Gasteiger partial charge is 0.481 e. The Morgan fingerprint density at radius 1 is 0.382 bits per heavy atom. The summed E-state index contributed by atoms with van der Waals surface area (Å²) in [5.74, 6) is -8.03. The molecule has 0 rings (SSSR count). The van der Waals surface area contributed by atoms with Crippen LogP contribution in [-0.2, 0) is 66.9 Å². The fourth-order valence-electron chi connectivity index (χ4n) is 6.48. The summed E-state index contributed by atoms with van der Waals surface area (Å²) in [6.07, 6.45) is 13.0.